The van der Waals surface area contributed by atoms with E-state index in [9.17, 15) is 4.79 Å². The van der Waals surface area contributed by atoms with Gasteiger partial charge in [0.05, 0.1) is 6.33 Å². The Balaban J connectivity index is 1.57. The smallest absolute Gasteiger partial charge is 0.248 e. The van der Waals surface area contributed by atoms with E-state index < -0.39 is 5.91 Å². The van der Waals surface area contributed by atoms with Gasteiger partial charge in [-0.15, -0.1) is 0 Å². The molecule has 9 heteroatoms. The first-order chi connectivity index (χ1) is 13.1. The van der Waals surface area contributed by atoms with Crippen LogP contribution in [0.3, 0.4) is 0 Å². The molecule has 7 N–H and O–H groups in total. The number of nitrogens with two attached hydrogens (primary N) is 2. The second kappa shape index (κ2) is 7.20. The van der Waals surface area contributed by atoms with Crippen molar-refractivity contribution in [1.82, 2.24) is 19.9 Å². The molecule has 9 nitrogen and oxygen atoms in total. The summed E-state index contributed by atoms with van der Waals surface area (Å²) in [4.78, 5) is 27.7. The Kier molecular flexibility index (Phi) is 4.59. The van der Waals surface area contributed by atoms with Gasteiger partial charge in [0.2, 0.25) is 11.9 Å². The number of H-pyrrole nitrogens is 1. The molecule has 2 aromatic heterocycles. The highest BCUT2D eigenvalue weighted by molar-refractivity contribution is 5.93. The summed E-state index contributed by atoms with van der Waals surface area (Å²) in [5.74, 6) is 0.670. The quantitative estimate of drug-likeness (QED) is 0.463. The Morgan fingerprint density at radius 2 is 1.85 bits per heavy atom. The van der Waals surface area contributed by atoms with Crippen molar-refractivity contribution in [3.8, 4) is 0 Å². The average molecular weight is 366 g/mol. The summed E-state index contributed by atoms with van der Waals surface area (Å²) in [6.45, 7) is 0. The number of amides is 1. The van der Waals surface area contributed by atoms with Crippen molar-refractivity contribution in [3.05, 3.63) is 36.2 Å². The zero-order chi connectivity index (χ0) is 18.8. The Bertz CT molecular complexity index is 944. The minimum Gasteiger partial charge on any atom is -0.366 e. The van der Waals surface area contributed by atoms with Crippen molar-refractivity contribution in [1.29, 1.82) is 0 Å². The summed E-state index contributed by atoms with van der Waals surface area (Å²) in [5.41, 5.74) is 13.8. The molecule has 1 aliphatic rings. The van der Waals surface area contributed by atoms with Crippen LogP contribution in [0.4, 0.5) is 17.5 Å². The Labute approximate surface area is 156 Å². The molecule has 2 heterocycles. The molecule has 1 fully saturated rings. The molecule has 0 spiro atoms. The summed E-state index contributed by atoms with van der Waals surface area (Å²) >= 11 is 0. The lowest BCUT2D eigenvalue weighted by atomic mass is 9.92. The fourth-order valence-electron chi connectivity index (χ4n) is 3.29. The predicted molar refractivity (Wildman–Crippen MR) is 104 cm³/mol. The number of nitrogens with one attached hydrogen (secondary N) is 3. The number of nitrogens with zero attached hydrogens (tertiary/aromatic N) is 3. The second-order valence-electron chi connectivity index (χ2n) is 6.82. The molecule has 0 unspecified atom stereocenters. The fraction of sp³-hybridized carbons (Fsp3) is 0.333. The van der Waals surface area contributed by atoms with Crippen LogP contribution in [0, 0.1) is 0 Å². The minimum absolute atomic E-state index is 0.291. The van der Waals surface area contributed by atoms with Crippen LogP contribution < -0.4 is 22.1 Å². The number of hydrogen-bond acceptors (Lipinski definition) is 7. The molecule has 0 saturated heterocycles. The van der Waals surface area contributed by atoms with Crippen molar-refractivity contribution in [2.24, 2.45) is 11.5 Å². The van der Waals surface area contributed by atoms with Gasteiger partial charge in [-0.2, -0.15) is 9.97 Å². The fourth-order valence-corrected chi connectivity index (χ4v) is 3.29. The maximum Gasteiger partial charge on any atom is 0.248 e. The highest BCUT2D eigenvalue weighted by atomic mass is 16.1. The molecule has 1 aliphatic carbocycles. The number of carbonyl (C=O) groups excluding carboxylic acids is 1. The molecule has 0 radical (unpaired) electrons. The number of rotatable bonds is 5. The van der Waals surface area contributed by atoms with E-state index in [0.29, 0.717) is 40.6 Å². The van der Waals surface area contributed by atoms with Crippen LogP contribution in [0.5, 0.6) is 0 Å². The first-order valence-corrected chi connectivity index (χ1v) is 8.98. The highest BCUT2D eigenvalue weighted by Crippen LogP contribution is 2.25. The van der Waals surface area contributed by atoms with Crippen molar-refractivity contribution >= 4 is 34.5 Å². The number of aromatic nitrogens is 4. The number of carbonyl (C=O) groups is 1. The van der Waals surface area contributed by atoms with Gasteiger partial charge in [-0.05, 0) is 49.9 Å². The van der Waals surface area contributed by atoms with Gasteiger partial charge in [-0.1, -0.05) is 0 Å². The normalized spacial score (nSPS) is 19.7. The lowest BCUT2D eigenvalue weighted by Crippen LogP contribution is -2.33. The minimum atomic E-state index is -0.461. The molecule has 1 saturated carbocycles. The summed E-state index contributed by atoms with van der Waals surface area (Å²) in [5, 5.41) is 6.64. The molecular formula is C18H22N8O. The second-order valence-corrected chi connectivity index (χ2v) is 6.82. The zero-order valence-electron chi connectivity index (χ0n) is 14.8. The molecular weight excluding hydrogens is 344 g/mol. The predicted octanol–water partition coefficient (Wildman–Crippen LogP) is 1.88. The molecule has 4 rings (SSSR count). The SMILES string of the molecule is NC(=O)c1ccc(Nc2nc(N[C@H]3CC[C@H](N)CC3)nc3[nH]cnc23)cc1. The van der Waals surface area contributed by atoms with E-state index in [1.165, 1.54) is 0 Å². The Morgan fingerprint density at radius 1 is 1.11 bits per heavy atom. The number of anilines is 3. The first-order valence-electron chi connectivity index (χ1n) is 8.98. The topological polar surface area (TPSA) is 148 Å². The summed E-state index contributed by atoms with van der Waals surface area (Å²) < 4.78 is 0. The summed E-state index contributed by atoms with van der Waals surface area (Å²) in [7, 11) is 0. The Morgan fingerprint density at radius 3 is 2.56 bits per heavy atom. The van der Waals surface area contributed by atoms with Crippen LogP contribution in [0.15, 0.2) is 30.6 Å². The Hall–Kier alpha value is -3.20. The van der Waals surface area contributed by atoms with Crippen LogP contribution in [0.25, 0.3) is 11.2 Å². The van der Waals surface area contributed by atoms with Crippen LogP contribution in [-0.4, -0.2) is 37.9 Å². The summed E-state index contributed by atoms with van der Waals surface area (Å²) in [6, 6.07) is 7.48. The molecule has 3 aromatic rings. The van der Waals surface area contributed by atoms with Gasteiger partial charge in [0, 0.05) is 23.3 Å². The van der Waals surface area contributed by atoms with Gasteiger partial charge in [0.15, 0.2) is 17.0 Å². The molecule has 0 bridgehead atoms. The zero-order valence-corrected chi connectivity index (χ0v) is 14.8. The third-order valence-electron chi connectivity index (χ3n) is 4.82. The van der Waals surface area contributed by atoms with Gasteiger partial charge >= 0.3 is 0 Å². The molecule has 1 amide bonds. The van der Waals surface area contributed by atoms with Crippen molar-refractivity contribution < 1.29 is 4.79 Å². The van der Waals surface area contributed by atoms with Crippen LogP contribution in [0.2, 0.25) is 0 Å². The number of benzene rings is 1. The van der Waals surface area contributed by atoms with E-state index in [0.717, 1.165) is 31.4 Å². The van der Waals surface area contributed by atoms with E-state index in [-0.39, 0.29) is 0 Å². The van der Waals surface area contributed by atoms with E-state index >= 15 is 0 Å². The third-order valence-corrected chi connectivity index (χ3v) is 4.82. The summed E-state index contributed by atoms with van der Waals surface area (Å²) in [6.07, 6.45) is 5.60. The number of hydrogen-bond donors (Lipinski definition) is 5. The molecule has 0 atom stereocenters. The monoisotopic (exact) mass is 366 g/mol. The van der Waals surface area contributed by atoms with E-state index in [1.54, 1.807) is 30.6 Å². The molecule has 27 heavy (non-hydrogen) atoms. The lowest BCUT2D eigenvalue weighted by Gasteiger charge is -2.26. The number of imidazole rings is 1. The van der Waals surface area contributed by atoms with Crippen molar-refractivity contribution in [3.63, 3.8) is 0 Å². The average Bonchev–Trinajstić information content (AvgIpc) is 3.13. The van der Waals surface area contributed by atoms with Gasteiger partial charge in [-0.25, -0.2) is 4.98 Å². The van der Waals surface area contributed by atoms with Crippen LogP contribution >= 0.6 is 0 Å². The van der Waals surface area contributed by atoms with Gasteiger partial charge in [-0.3, -0.25) is 4.79 Å². The van der Waals surface area contributed by atoms with Crippen molar-refractivity contribution in [2.75, 3.05) is 10.6 Å². The van der Waals surface area contributed by atoms with Crippen LogP contribution in [0.1, 0.15) is 36.0 Å². The van der Waals surface area contributed by atoms with Gasteiger partial charge in [0.1, 0.15) is 0 Å². The molecule has 1 aromatic carbocycles. The van der Waals surface area contributed by atoms with E-state index in [2.05, 4.69) is 30.6 Å². The third kappa shape index (κ3) is 3.82. The van der Waals surface area contributed by atoms with E-state index in [1.807, 2.05) is 0 Å². The van der Waals surface area contributed by atoms with Crippen LogP contribution in [-0.2, 0) is 0 Å². The van der Waals surface area contributed by atoms with Crippen molar-refractivity contribution in [2.45, 2.75) is 37.8 Å². The standard InChI is InChI=1S/C18H22N8O/c19-11-3-7-13(8-4-11)24-18-25-16-14(21-9-22-16)17(26-18)23-12-5-1-10(2-6-12)15(20)27/h1-2,5-6,9,11,13H,3-4,7-8,19H2,(H2,20,27)(H3,21,22,23,24,25,26)/t11-,13-. The molecule has 140 valence electrons. The molecule has 0 aliphatic heterocycles. The largest absolute Gasteiger partial charge is 0.366 e. The first kappa shape index (κ1) is 17.2. The number of aromatic amines is 1. The lowest BCUT2D eigenvalue weighted by molar-refractivity contribution is 0.100. The van der Waals surface area contributed by atoms with Gasteiger partial charge < -0.3 is 27.1 Å². The number of fused-ring (bicyclic) bond motifs is 1. The van der Waals surface area contributed by atoms with E-state index in [4.69, 9.17) is 11.5 Å². The maximum atomic E-state index is 11.2. The maximum absolute atomic E-state index is 11.2. The van der Waals surface area contributed by atoms with Gasteiger partial charge in [0.25, 0.3) is 0 Å². The highest BCUT2D eigenvalue weighted by Gasteiger charge is 2.20. The number of primary amides is 1.